The van der Waals surface area contributed by atoms with E-state index in [0.29, 0.717) is 31.2 Å². The Morgan fingerprint density at radius 3 is 2.63 bits per heavy atom. The minimum atomic E-state index is -0.0957. The summed E-state index contributed by atoms with van der Waals surface area (Å²) in [5, 5.41) is 0. The van der Waals surface area contributed by atoms with Crippen molar-refractivity contribution in [3.05, 3.63) is 47.0 Å². The summed E-state index contributed by atoms with van der Waals surface area (Å²) >= 11 is 0. The van der Waals surface area contributed by atoms with Crippen molar-refractivity contribution in [1.29, 1.82) is 0 Å². The molecular weight excluding hydrogens is 340 g/mol. The maximum absolute atomic E-state index is 13.3. The molecule has 0 spiro atoms. The molecule has 2 aromatic rings. The third-order valence-corrected chi connectivity index (χ3v) is 5.69. The minimum Gasteiger partial charge on any atom is -0.338 e. The van der Waals surface area contributed by atoms with Crippen LogP contribution in [0.3, 0.4) is 0 Å². The number of benzene rings is 1. The molecule has 2 amide bonds. The van der Waals surface area contributed by atoms with Crippen LogP contribution in [0, 0.1) is 0 Å². The molecule has 0 saturated carbocycles. The van der Waals surface area contributed by atoms with Gasteiger partial charge in [0.2, 0.25) is 5.82 Å². The van der Waals surface area contributed by atoms with E-state index in [1.165, 1.54) is 5.56 Å². The van der Waals surface area contributed by atoms with Gasteiger partial charge in [-0.2, -0.15) is 0 Å². The van der Waals surface area contributed by atoms with Crippen LogP contribution in [0.1, 0.15) is 59.1 Å². The minimum absolute atomic E-state index is 0.0634. The first kappa shape index (κ1) is 17.8. The molecule has 2 aliphatic rings. The number of imidazole rings is 1. The molecule has 3 heterocycles. The van der Waals surface area contributed by atoms with E-state index in [1.54, 1.807) is 4.90 Å². The van der Waals surface area contributed by atoms with Crippen LogP contribution in [0.2, 0.25) is 0 Å². The molecule has 0 aliphatic carbocycles. The molecule has 6 nitrogen and oxygen atoms in total. The number of hydrogen-bond donors (Lipinski definition) is 0. The number of para-hydroxylation sites is 1. The van der Waals surface area contributed by atoms with Crippen molar-refractivity contribution in [3.63, 3.8) is 0 Å². The number of nitrogens with zero attached hydrogens (tertiary/aromatic N) is 4. The van der Waals surface area contributed by atoms with E-state index < -0.39 is 0 Å². The summed E-state index contributed by atoms with van der Waals surface area (Å²) in [6.07, 6.45) is 3.71. The molecule has 0 bridgehead atoms. The van der Waals surface area contributed by atoms with E-state index in [0.717, 1.165) is 43.6 Å². The highest BCUT2D eigenvalue weighted by Gasteiger charge is 2.33. The Balaban J connectivity index is 1.73. The third kappa shape index (κ3) is 2.93. The molecular formula is C21H26N4O2. The second kappa shape index (κ2) is 7.18. The number of amides is 2. The van der Waals surface area contributed by atoms with Crippen molar-refractivity contribution >= 4 is 17.5 Å². The molecule has 142 valence electrons. The van der Waals surface area contributed by atoms with Crippen molar-refractivity contribution in [2.24, 2.45) is 0 Å². The van der Waals surface area contributed by atoms with Gasteiger partial charge < -0.3 is 14.4 Å². The van der Waals surface area contributed by atoms with Gasteiger partial charge in [0, 0.05) is 31.9 Å². The number of anilines is 1. The Hall–Kier alpha value is -2.63. The average Bonchev–Trinajstić information content (AvgIpc) is 3.30. The van der Waals surface area contributed by atoms with Gasteiger partial charge in [0.25, 0.3) is 11.8 Å². The van der Waals surface area contributed by atoms with Gasteiger partial charge in [0.15, 0.2) is 0 Å². The molecule has 2 aliphatic heterocycles. The van der Waals surface area contributed by atoms with E-state index in [9.17, 15) is 9.59 Å². The van der Waals surface area contributed by atoms with Crippen molar-refractivity contribution in [3.8, 4) is 0 Å². The van der Waals surface area contributed by atoms with Crippen molar-refractivity contribution in [2.75, 3.05) is 24.5 Å². The van der Waals surface area contributed by atoms with Crippen LogP contribution in [-0.4, -0.2) is 45.9 Å². The fourth-order valence-electron chi connectivity index (χ4n) is 4.21. The molecule has 0 fully saturated rings. The smallest absolute Gasteiger partial charge is 0.294 e. The number of aromatic nitrogens is 2. The van der Waals surface area contributed by atoms with Crippen molar-refractivity contribution in [1.82, 2.24) is 14.5 Å². The van der Waals surface area contributed by atoms with Crippen molar-refractivity contribution in [2.45, 2.75) is 46.1 Å². The molecule has 0 unspecified atom stereocenters. The zero-order chi connectivity index (χ0) is 19.0. The molecule has 0 saturated heterocycles. The average molecular weight is 366 g/mol. The molecule has 0 atom stereocenters. The van der Waals surface area contributed by atoms with Gasteiger partial charge in [-0.15, -0.1) is 0 Å². The molecule has 4 rings (SSSR count). The summed E-state index contributed by atoms with van der Waals surface area (Å²) in [4.78, 5) is 34.5. The van der Waals surface area contributed by atoms with Gasteiger partial charge in [0.05, 0.1) is 5.69 Å². The first-order valence-corrected chi connectivity index (χ1v) is 9.94. The third-order valence-electron chi connectivity index (χ3n) is 5.69. The summed E-state index contributed by atoms with van der Waals surface area (Å²) in [7, 11) is 0. The van der Waals surface area contributed by atoms with Gasteiger partial charge in [-0.05, 0) is 51.2 Å². The maximum atomic E-state index is 13.3. The van der Waals surface area contributed by atoms with E-state index in [4.69, 9.17) is 0 Å². The topological polar surface area (TPSA) is 58.4 Å². The second-order valence-corrected chi connectivity index (χ2v) is 7.15. The fraction of sp³-hybridized carbons (Fsp3) is 0.476. The van der Waals surface area contributed by atoms with Crippen LogP contribution in [0.5, 0.6) is 0 Å². The summed E-state index contributed by atoms with van der Waals surface area (Å²) in [5.41, 5.74) is 3.55. The van der Waals surface area contributed by atoms with E-state index in [-0.39, 0.29) is 11.8 Å². The molecule has 0 radical (unpaired) electrons. The highest BCUT2D eigenvalue weighted by Crippen LogP contribution is 2.30. The lowest BCUT2D eigenvalue weighted by Gasteiger charge is -2.21. The molecule has 1 aromatic carbocycles. The SMILES string of the molecule is CCN(CC)C(=O)c1nc(C(=O)N2CCc3ccccc32)n2c1CCCC2. The van der Waals surface area contributed by atoms with Gasteiger partial charge >= 0.3 is 0 Å². The lowest BCUT2D eigenvalue weighted by molar-refractivity contribution is 0.0766. The van der Waals surface area contributed by atoms with Gasteiger partial charge in [-0.3, -0.25) is 9.59 Å². The summed E-state index contributed by atoms with van der Waals surface area (Å²) in [6.45, 7) is 6.65. The number of carbonyl (C=O) groups excluding carboxylic acids is 2. The van der Waals surface area contributed by atoms with E-state index in [2.05, 4.69) is 11.1 Å². The Kier molecular flexibility index (Phi) is 4.72. The standard InChI is InChI=1S/C21H26N4O2/c1-3-23(4-2)20(26)18-17-11-7-8-13-24(17)19(22-18)21(27)25-14-12-15-9-5-6-10-16(15)25/h5-6,9-10H,3-4,7-8,11-14H2,1-2H3. The van der Waals surface area contributed by atoms with Crippen LogP contribution in [0.25, 0.3) is 0 Å². The Bertz CT molecular complexity index is 882. The predicted molar refractivity (Wildman–Crippen MR) is 104 cm³/mol. The van der Waals surface area contributed by atoms with Crippen LogP contribution in [-0.2, 0) is 19.4 Å². The van der Waals surface area contributed by atoms with Gasteiger partial charge in [0.1, 0.15) is 5.69 Å². The molecule has 0 N–H and O–H groups in total. The first-order chi connectivity index (χ1) is 13.2. The summed E-state index contributed by atoms with van der Waals surface area (Å²) in [6, 6.07) is 8.02. The molecule has 27 heavy (non-hydrogen) atoms. The normalized spacial score (nSPS) is 15.4. The van der Waals surface area contributed by atoms with Gasteiger partial charge in [-0.25, -0.2) is 4.98 Å². The Morgan fingerprint density at radius 2 is 1.85 bits per heavy atom. The second-order valence-electron chi connectivity index (χ2n) is 7.15. The number of fused-ring (bicyclic) bond motifs is 2. The van der Waals surface area contributed by atoms with Crippen molar-refractivity contribution < 1.29 is 9.59 Å². The Morgan fingerprint density at radius 1 is 1.07 bits per heavy atom. The number of hydrogen-bond acceptors (Lipinski definition) is 3. The quantitative estimate of drug-likeness (QED) is 0.836. The lowest BCUT2D eigenvalue weighted by Crippen LogP contribution is -2.32. The number of carbonyl (C=O) groups is 2. The monoisotopic (exact) mass is 366 g/mol. The fourth-order valence-corrected chi connectivity index (χ4v) is 4.21. The largest absolute Gasteiger partial charge is 0.338 e. The number of rotatable bonds is 4. The molecule has 1 aromatic heterocycles. The lowest BCUT2D eigenvalue weighted by atomic mass is 10.1. The van der Waals surface area contributed by atoms with E-state index >= 15 is 0 Å². The zero-order valence-corrected chi connectivity index (χ0v) is 16.1. The maximum Gasteiger partial charge on any atom is 0.294 e. The Labute approximate surface area is 159 Å². The highest BCUT2D eigenvalue weighted by molar-refractivity contribution is 6.06. The molecule has 6 heteroatoms. The van der Waals surface area contributed by atoms with E-state index in [1.807, 2.05) is 41.5 Å². The summed E-state index contributed by atoms with van der Waals surface area (Å²) in [5.74, 6) is 0.255. The van der Waals surface area contributed by atoms with Crippen LogP contribution >= 0.6 is 0 Å². The zero-order valence-electron chi connectivity index (χ0n) is 16.1. The summed E-state index contributed by atoms with van der Waals surface area (Å²) < 4.78 is 1.99. The van der Waals surface area contributed by atoms with Crippen LogP contribution in [0.4, 0.5) is 5.69 Å². The van der Waals surface area contributed by atoms with Gasteiger partial charge in [-0.1, -0.05) is 18.2 Å². The van der Waals surface area contributed by atoms with Crippen LogP contribution < -0.4 is 4.90 Å². The first-order valence-electron chi connectivity index (χ1n) is 9.94. The predicted octanol–water partition coefficient (Wildman–Crippen LogP) is 2.90. The van der Waals surface area contributed by atoms with Crippen LogP contribution in [0.15, 0.2) is 24.3 Å². The highest BCUT2D eigenvalue weighted by atomic mass is 16.2.